The van der Waals surface area contributed by atoms with Gasteiger partial charge in [-0.25, -0.2) is 0 Å². The maximum atomic E-state index is 12.5. The van der Waals surface area contributed by atoms with Crippen molar-refractivity contribution in [1.29, 1.82) is 0 Å². The van der Waals surface area contributed by atoms with Gasteiger partial charge in [0.2, 0.25) is 5.91 Å². The average Bonchev–Trinajstić information content (AvgIpc) is 3.08. The van der Waals surface area contributed by atoms with Crippen LogP contribution in [0.2, 0.25) is 0 Å². The summed E-state index contributed by atoms with van der Waals surface area (Å²) in [6.07, 6.45) is 3.56. The molecule has 0 saturated carbocycles. The van der Waals surface area contributed by atoms with Gasteiger partial charge in [0.05, 0.1) is 32.0 Å². The number of hydrogen-bond donors (Lipinski definition) is 9. The van der Waals surface area contributed by atoms with Gasteiger partial charge < -0.3 is 65.1 Å². The van der Waals surface area contributed by atoms with Gasteiger partial charge in [-0.15, -0.1) is 0 Å². The quantitative estimate of drug-likeness (QED) is 0.0543. The lowest BCUT2D eigenvalue weighted by molar-refractivity contribution is -0.359. The normalized spacial score (nSPS) is 32.7. The van der Waals surface area contributed by atoms with Crippen LogP contribution in [0.5, 0.6) is 0 Å². The van der Waals surface area contributed by atoms with Crippen LogP contribution >= 0.6 is 0 Å². The Morgan fingerprint density at radius 1 is 0.729 bits per heavy atom. The van der Waals surface area contributed by atoms with Crippen molar-refractivity contribution in [1.82, 2.24) is 5.32 Å². The van der Waals surface area contributed by atoms with Gasteiger partial charge >= 0.3 is 0 Å². The summed E-state index contributed by atoms with van der Waals surface area (Å²) in [7, 11) is 0. The van der Waals surface area contributed by atoms with Gasteiger partial charge in [0, 0.05) is 6.42 Å². The van der Waals surface area contributed by atoms with E-state index in [-0.39, 0.29) is 18.9 Å². The van der Waals surface area contributed by atoms with Crippen LogP contribution in [-0.4, -0.2) is 140 Å². The highest BCUT2D eigenvalue weighted by Crippen LogP contribution is 2.29. The second-order valence-corrected chi connectivity index (χ2v) is 12.3. The van der Waals surface area contributed by atoms with Gasteiger partial charge in [-0.1, -0.05) is 69.6 Å². The first-order valence-corrected chi connectivity index (χ1v) is 17.2. The second kappa shape index (κ2) is 23.6. The van der Waals surface area contributed by atoms with Crippen molar-refractivity contribution in [2.75, 3.05) is 19.8 Å². The third kappa shape index (κ3) is 13.8. The molecule has 0 bridgehead atoms. The van der Waals surface area contributed by atoms with E-state index in [0.717, 1.165) is 32.1 Å². The smallest absolute Gasteiger partial charge is 0.220 e. The Kier molecular flexibility index (Phi) is 20.8. The average molecular weight is 690 g/mol. The third-order valence-electron chi connectivity index (χ3n) is 8.31. The molecule has 2 aliphatic rings. The molecule has 14 nitrogen and oxygen atoms in total. The predicted molar refractivity (Wildman–Crippen MR) is 175 cm³/mol. The van der Waals surface area contributed by atoms with Gasteiger partial charge in [0.15, 0.2) is 12.6 Å². The molecule has 9 N–H and O–H groups in total. The largest absolute Gasteiger partial charge is 0.394 e. The molecule has 0 radical (unpaired) electrons. The molecule has 48 heavy (non-hydrogen) atoms. The van der Waals surface area contributed by atoms with E-state index < -0.39 is 86.8 Å². The number of hydrogen-bond acceptors (Lipinski definition) is 13. The second-order valence-electron chi connectivity index (χ2n) is 12.3. The van der Waals surface area contributed by atoms with E-state index in [4.69, 9.17) is 18.9 Å². The van der Waals surface area contributed by atoms with Crippen molar-refractivity contribution in [2.24, 2.45) is 0 Å². The predicted octanol–water partition coefficient (Wildman–Crippen LogP) is 0.0822. The first-order valence-electron chi connectivity index (χ1n) is 17.2. The van der Waals surface area contributed by atoms with Crippen LogP contribution in [0.1, 0.15) is 78.1 Å². The molecule has 2 rings (SSSR count). The minimum absolute atomic E-state index is 0.243. The number of aliphatic hydroxyl groups is 8. The van der Waals surface area contributed by atoms with Crippen molar-refractivity contribution in [3.05, 3.63) is 36.5 Å². The first kappa shape index (κ1) is 42.4. The zero-order valence-electron chi connectivity index (χ0n) is 28.2. The molecule has 0 aromatic rings. The molecule has 2 fully saturated rings. The SMILES string of the molecule is CCCC/C=C/CC/C=C/CC/C=C/C(O)C(COC1OC(CO)C(OC2OC(CO)C(O)C(O)C2O)C(O)C1O)NC(=O)CCCC. The van der Waals surface area contributed by atoms with E-state index >= 15 is 0 Å². The summed E-state index contributed by atoms with van der Waals surface area (Å²) >= 11 is 0. The molecule has 2 heterocycles. The molecule has 1 amide bonds. The fourth-order valence-electron chi connectivity index (χ4n) is 5.28. The minimum atomic E-state index is -1.79. The molecule has 0 aromatic carbocycles. The Labute approximate surface area is 283 Å². The maximum absolute atomic E-state index is 12.5. The number of rotatable bonds is 22. The molecule has 2 saturated heterocycles. The van der Waals surface area contributed by atoms with E-state index in [1.807, 2.05) is 13.0 Å². The Morgan fingerprint density at radius 3 is 1.90 bits per heavy atom. The number of allylic oxidation sites excluding steroid dienone is 5. The monoisotopic (exact) mass is 689 g/mol. The fraction of sp³-hybridized carbons (Fsp3) is 0.794. The Hall–Kier alpha value is -1.79. The van der Waals surface area contributed by atoms with Gasteiger partial charge in [0.1, 0.15) is 48.8 Å². The van der Waals surface area contributed by atoms with E-state index in [2.05, 4.69) is 36.5 Å². The molecule has 12 unspecified atom stereocenters. The van der Waals surface area contributed by atoms with E-state index in [1.165, 1.54) is 12.8 Å². The number of ether oxygens (including phenoxy) is 4. The van der Waals surface area contributed by atoms with Crippen LogP contribution in [-0.2, 0) is 23.7 Å². The summed E-state index contributed by atoms with van der Waals surface area (Å²) in [5.41, 5.74) is 0. The van der Waals surface area contributed by atoms with Crippen LogP contribution in [0.3, 0.4) is 0 Å². The number of nitrogens with one attached hydrogen (secondary N) is 1. The maximum Gasteiger partial charge on any atom is 0.220 e. The molecule has 0 spiro atoms. The summed E-state index contributed by atoms with van der Waals surface area (Å²) in [5.74, 6) is -0.295. The van der Waals surface area contributed by atoms with Crippen LogP contribution in [0.15, 0.2) is 36.5 Å². The highest BCUT2D eigenvalue weighted by Gasteiger charge is 2.50. The number of aliphatic hydroxyl groups excluding tert-OH is 8. The van der Waals surface area contributed by atoms with Crippen LogP contribution in [0.25, 0.3) is 0 Å². The van der Waals surface area contributed by atoms with Gasteiger partial charge in [-0.2, -0.15) is 0 Å². The van der Waals surface area contributed by atoms with Crippen molar-refractivity contribution in [3.63, 3.8) is 0 Å². The summed E-state index contributed by atoms with van der Waals surface area (Å²) in [6.45, 7) is 2.37. The number of carbonyl (C=O) groups is 1. The van der Waals surface area contributed by atoms with Crippen molar-refractivity contribution in [3.8, 4) is 0 Å². The molecule has 278 valence electrons. The minimum Gasteiger partial charge on any atom is -0.394 e. The van der Waals surface area contributed by atoms with Crippen LogP contribution in [0, 0.1) is 0 Å². The molecule has 2 aliphatic heterocycles. The van der Waals surface area contributed by atoms with Crippen molar-refractivity contribution in [2.45, 2.75) is 152 Å². The van der Waals surface area contributed by atoms with Gasteiger partial charge in [-0.3, -0.25) is 4.79 Å². The number of carbonyl (C=O) groups excluding carboxylic acids is 1. The molecule has 12 atom stereocenters. The first-order chi connectivity index (χ1) is 23.1. The zero-order chi connectivity index (χ0) is 35.5. The van der Waals surface area contributed by atoms with E-state index in [9.17, 15) is 45.6 Å². The van der Waals surface area contributed by atoms with E-state index in [0.29, 0.717) is 12.8 Å². The topological polar surface area (TPSA) is 228 Å². The van der Waals surface area contributed by atoms with Crippen molar-refractivity contribution < 1.29 is 64.6 Å². The standard InChI is InChI=1S/C34H59NO13/c1-3-5-7-8-9-10-11-12-13-14-15-16-17-23(38)22(35-26(39)18-6-4-2)21-45-33-31(44)29(42)32(25(20-37)47-33)48-34-30(43)28(41)27(40)24(19-36)46-34/h8-9,12-13,16-17,22-25,27-34,36-38,40-44H,3-7,10-11,14-15,18-21H2,1-2H3,(H,35,39)/b9-8+,13-12+,17-16+. The highest BCUT2D eigenvalue weighted by atomic mass is 16.7. The molecular weight excluding hydrogens is 630 g/mol. The summed E-state index contributed by atoms with van der Waals surface area (Å²) < 4.78 is 22.3. The number of unbranched alkanes of at least 4 members (excludes halogenated alkanes) is 5. The lowest BCUT2D eigenvalue weighted by Gasteiger charge is -2.46. The Balaban J connectivity index is 1.97. The highest BCUT2D eigenvalue weighted by molar-refractivity contribution is 5.76. The van der Waals surface area contributed by atoms with Gasteiger partial charge in [-0.05, 0) is 38.5 Å². The molecule has 0 aromatic heterocycles. The lowest BCUT2D eigenvalue weighted by Crippen LogP contribution is -2.65. The zero-order valence-corrected chi connectivity index (χ0v) is 28.2. The number of amides is 1. The van der Waals surface area contributed by atoms with Crippen LogP contribution < -0.4 is 5.32 Å². The molecule has 0 aliphatic carbocycles. The fourth-order valence-corrected chi connectivity index (χ4v) is 5.28. The van der Waals surface area contributed by atoms with E-state index in [1.54, 1.807) is 6.08 Å². The molecule has 14 heteroatoms. The summed E-state index contributed by atoms with van der Waals surface area (Å²) in [4.78, 5) is 12.5. The Bertz CT molecular complexity index is 961. The third-order valence-corrected chi connectivity index (χ3v) is 8.31. The lowest BCUT2D eigenvalue weighted by atomic mass is 9.97. The summed E-state index contributed by atoms with van der Waals surface area (Å²) in [5, 5.41) is 85.2. The molecular formula is C34H59NO13. The Morgan fingerprint density at radius 2 is 1.29 bits per heavy atom. The van der Waals surface area contributed by atoms with Gasteiger partial charge in [0.25, 0.3) is 0 Å². The summed E-state index contributed by atoms with van der Waals surface area (Å²) in [6, 6.07) is -0.927. The van der Waals surface area contributed by atoms with Crippen molar-refractivity contribution >= 4 is 5.91 Å². The van der Waals surface area contributed by atoms with Crippen LogP contribution in [0.4, 0.5) is 0 Å².